The summed E-state index contributed by atoms with van der Waals surface area (Å²) in [5, 5.41) is 12.3. The lowest BCUT2D eigenvalue weighted by Crippen LogP contribution is -2.12. The predicted molar refractivity (Wildman–Crippen MR) is 83.3 cm³/mol. The molecule has 0 saturated carbocycles. The molecule has 2 rings (SSSR count). The number of hydrogen-bond acceptors (Lipinski definition) is 2. The van der Waals surface area contributed by atoms with Gasteiger partial charge in [-0.25, -0.2) is 0 Å². The fourth-order valence-corrected chi connectivity index (χ4v) is 2.59. The Kier molecular flexibility index (Phi) is 4.66. The van der Waals surface area contributed by atoms with Crippen molar-refractivity contribution < 1.29 is 4.79 Å². The summed E-state index contributed by atoms with van der Waals surface area (Å²) in [5.41, 5.74) is 1.19. The Hall–Kier alpha value is -1.54. The van der Waals surface area contributed by atoms with Gasteiger partial charge < -0.3 is 5.32 Å². The second-order valence-electron chi connectivity index (χ2n) is 3.92. The first-order valence-electron chi connectivity index (χ1n) is 5.46. The van der Waals surface area contributed by atoms with E-state index in [9.17, 15) is 4.79 Å². The van der Waals surface area contributed by atoms with Gasteiger partial charge in [-0.15, -0.1) is 0 Å². The number of anilines is 1. The standard InChI is InChI=1S/C14H7BrCl2N2O/c15-10-4-9(5-11(16)6-10)14(20)19-13-3-8(7-18)1-2-12(13)17/h1-6H,(H,19,20). The Bertz CT molecular complexity index is 705. The van der Waals surface area contributed by atoms with Gasteiger partial charge in [0.1, 0.15) is 0 Å². The third kappa shape index (κ3) is 3.51. The van der Waals surface area contributed by atoms with E-state index in [1.807, 2.05) is 6.07 Å². The first kappa shape index (κ1) is 14.9. The van der Waals surface area contributed by atoms with Crippen LogP contribution in [-0.4, -0.2) is 5.91 Å². The second-order valence-corrected chi connectivity index (χ2v) is 5.68. The number of amides is 1. The quantitative estimate of drug-likeness (QED) is 0.820. The highest BCUT2D eigenvalue weighted by Crippen LogP contribution is 2.25. The molecule has 1 N–H and O–H groups in total. The van der Waals surface area contributed by atoms with Crippen molar-refractivity contribution in [2.45, 2.75) is 0 Å². The number of halogens is 3. The molecule has 0 aliphatic carbocycles. The van der Waals surface area contributed by atoms with Gasteiger partial charge in [-0.3, -0.25) is 4.79 Å². The summed E-state index contributed by atoms with van der Waals surface area (Å²) >= 11 is 15.2. The summed E-state index contributed by atoms with van der Waals surface area (Å²) in [5.74, 6) is -0.356. The number of nitrogens with zero attached hydrogens (tertiary/aromatic N) is 1. The van der Waals surface area contributed by atoms with Crippen molar-refractivity contribution in [1.82, 2.24) is 0 Å². The van der Waals surface area contributed by atoms with Crippen molar-refractivity contribution in [1.29, 1.82) is 5.26 Å². The molecule has 0 heterocycles. The minimum Gasteiger partial charge on any atom is -0.321 e. The molecule has 3 nitrogen and oxygen atoms in total. The smallest absolute Gasteiger partial charge is 0.255 e. The lowest BCUT2D eigenvalue weighted by atomic mass is 10.2. The Morgan fingerprint density at radius 2 is 1.95 bits per heavy atom. The fourth-order valence-electron chi connectivity index (χ4n) is 1.57. The van der Waals surface area contributed by atoms with Gasteiger partial charge >= 0.3 is 0 Å². The largest absolute Gasteiger partial charge is 0.321 e. The molecular weight excluding hydrogens is 363 g/mol. The third-order valence-electron chi connectivity index (χ3n) is 2.47. The Morgan fingerprint density at radius 1 is 1.20 bits per heavy atom. The van der Waals surface area contributed by atoms with Gasteiger partial charge in [-0.2, -0.15) is 5.26 Å². The maximum atomic E-state index is 12.1. The molecule has 0 saturated heterocycles. The first-order valence-corrected chi connectivity index (χ1v) is 7.01. The van der Waals surface area contributed by atoms with Crippen LogP contribution in [0.1, 0.15) is 15.9 Å². The zero-order chi connectivity index (χ0) is 14.7. The first-order chi connectivity index (χ1) is 9.49. The highest BCUT2D eigenvalue weighted by atomic mass is 79.9. The summed E-state index contributed by atoms with van der Waals surface area (Å²) in [7, 11) is 0. The molecule has 0 unspecified atom stereocenters. The van der Waals surface area contributed by atoms with Crippen LogP contribution in [-0.2, 0) is 0 Å². The number of benzene rings is 2. The number of carbonyl (C=O) groups is 1. The molecule has 2 aromatic rings. The number of hydrogen-bond donors (Lipinski definition) is 1. The average molecular weight is 370 g/mol. The zero-order valence-electron chi connectivity index (χ0n) is 9.95. The van der Waals surface area contributed by atoms with E-state index in [0.717, 1.165) is 0 Å². The van der Waals surface area contributed by atoms with Crippen molar-refractivity contribution in [3.05, 3.63) is 62.0 Å². The molecular formula is C14H7BrCl2N2O. The van der Waals surface area contributed by atoms with E-state index in [4.69, 9.17) is 28.5 Å². The highest BCUT2D eigenvalue weighted by Gasteiger charge is 2.10. The van der Waals surface area contributed by atoms with Crippen LogP contribution in [0.25, 0.3) is 0 Å². The predicted octanol–water partition coefficient (Wildman–Crippen LogP) is 4.88. The normalized spacial score (nSPS) is 9.90. The molecule has 2 aromatic carbocycles. The molecule has 20 heavy (non-hydrogen) atoms. The van der Waals surface area contributed by atoms with Crippen molar-refractivity contribution in [3.63, 3.8) is 0 Å². The number of nitrogens with one attached hydrogen (secondary N) is 1. The van der Waals surface area contributed by atoms with E-state index in [0.29, 0.717) is 31.3 Å². The summed E-state index contributed by atoms with van der Waals surface area (Å²) in [6, 6.07) is 11.5. The number of carbonyl (C=O) groups excluding carboxylic acids is 1. The van der Waals surface area contributed by atoms with Gasteiger partial charge in [0.15, 0.2) is 0 Å². The van der Waals surface area contributed by atoms with Gasteiger partial charge in [0.2, 0.25) is 0 Å². The van der Waals surface area contributed by atoms with Crippen molar-refractivity contribution in [2.24, 2.45) is 0 Å². The van der Waals surface area contributed by atoms with Crippen LogP contribution < -0.4 is 5.32 Å². The molecule has 0 radical (unpaired) electrons. The molecule has 0 fully saturated rings. The van der Waals surface area contributed by atoms with E-state index in [-0.39, 0.29) is 5.91 Å². The summed E-state index contributed by atoms with van der Waals surface area (Å²) in [6.45, 7) is 0. The van der Waals surface area contributed by atoms with Gasteiger partial charge in [-0.05, 0) is 36.4 Å². The Labute approximate surface area is 134 Å². The van der Waals surface area contributed by atoms with Gasteiger partial charge in [0, 0.05) is 15.1 Å². The maximum absolute atomic E-state index is 12.1. The topological polar surface area (TPSA) is 52.9 Å². The minimum atomic E-state index is -0.356. The van der Waals surface area contributed by atoms with Crippen LogP contribution in [0, 0.1) is 11.3 Å². The molecule has 6 heteroatoms. The van der Waals surface area contributed by atoms with Crippen LogP contribution in [0.3, 0.4) is 0 Å². The molecule has 100 valence electrons. The molecule has 0 aliphatic rings. The SMILES string of the molecule is N#Cc1ccc(Cl)c(NC(=O)c2cc(Cl)cc(Br)c2)c1. The second kappa shape index (κ2) is 6.27. The minimum absolute atomic E-state index is 0.356. The maximum Gasteiger partial charge on any atom is 0.255 e. The van der Waals surface area contributed by atoms with Gasteiger partial charge in [0.25, 0.3) is 5.91 Å². The Morgan fingerprint density at radius 3 is 2.60 bits per heavy atom. The molecule has 0 aliphatic heterocycles. The van der Waals surface area contributed by atoms with E-state index >= 15 is 0 Å². The van der Waals surface area contributed by atoms with Crippen molar-refractivity contribution >= 4 is 50.7 Å². The average Bonchev–Trinajstić information content (AvgIpc) is 2.40. The molecule has 0 spiro atoms. The van der Waals surface area contributed by atoms with Crippen LogP contribution in [0.15, 0.2) is 40.9 Å². The third-order valence-corrected chi connectivity index (χ3v) is 3.47. The van der Waals surface area contributed by atoms with Crippen molar-refractivity contribution in [3.8, 4) is 6.07 Å². The van der Waals surface area contributed by atoms with Crippen molar-refractivity contribution in [2.75, 3.05) is 5.32 Å². The zero-order valence-corrected chi connectivity index (χ0v) is 13.1. The molecule has 1 amide bonds. The van der Waals surface area contributed by atoms with Gasteiger partial charge in [0.05, 0.1) is 22.3 Å². The van der Waals surface area contributed by atoms with Crippen LogP contribution >= 0.6 is 39.1 Å². The van der Waals surface area contributed by atoms with E-state index in [1.54, 1.807) is 30.3 Å². The lowest BCUT2D eigenvalue weighted by Gasteiger charge is -2.08. The molecule has 0 bridgehead atoms. The van der Waals surface area contributed by atoms with Crippen LogP contribution in [0.2, 0.25) is 10.0 Å². The Balaban J connectivity index is 2.30. The summed E-state index contributed by atoms with van der Waals surface area (Å²) < 4.78 is 0.701. The van der Waals surface area contributed by atoms with Gasteiger partial charge in [-0.1, -0.05) is 39.1 Å². The molecule has 0 aromatic heterocycles. The molecule has 0 atom stereocenters. The number of nitriles is 1. The number of rotatable bonds is 2. The van der Waals surface area contributed by atoms with Crippen LogP contribution in [0.5, 0.6) is 0 Å². The highest BCUT2D eigenvalue weighted by molar-refractivity contribution is 9.10. The summed E-state index contributed by atoms with van der Waals surface area (Å²) in [4.78, 5) is 12.1. The van der Waals surface area contributed by atoms with E-state index in [1.165, 1.54) is 6.07 Å². The fraction of sp³-hybridized carbons (Fsp3) is 0. The van der Waals surface area contributed by atoms with Crippen LogP contribution in [0.4, 0.5) is 5.69 Å². The monoisotopic (exact) mass is 368 g/mol. The van der Waals surface area contributed by atoms with E-state index < -0.39 is 0 Å². The summed E-state index contributed by atoms with van der Waals surface area (Å²) in [6.07, 6.45) is 0. The lowest BCUT2D eigenvalue weighted by molar-refractivity contribution is 0.102. The van der Waals surface area contributed by atoms with E-state index in [2.05, 4.69) is 21.2 Å².